The van der Waals surface area contributed by atoms with Crippen LogP contribution in [0.25, 0.3) is 6.08 Å². The molecule has 2 aliphatic rings. The number of imide groups is 1. The van der Waals surface area contributed by atoms with Crippen molar-refractivity contribution in [1.82, 2.24) is 9.80 Å². The van der Waals surface area contributed by atoms with Crippen LogP contribution in [-0.4, -0.2) is 59.7 Å². The van der Waals surface area contributed by atoms with Crippen LogP contribution >= 0.6 is 35.0 Å². The largest absolute Gasteiger partial charge is 0.486 e. The summed E-state index contributed by atoms with van der Waals surface area (Å²) in [5.74, 6) is -1.03. The van der Waals surface area contributed by atoms with Gasteiger partial charge in [-0.2, -0.15) is 0 Å². The van der Waals surface area contributed by atoms with E-state index in [-0.39, 0.29) is 45.6 Å². The van der Waals surface area contributed by atoms with E-state index in [0.717, 1.165) is 16.7 Å². The predicted molar refractivity (Wildman–Crippen MR) is 127 cm³/mol. The highest BCUT2D eigenvalue weighted by Gasteiger charge is 2.37. The molecule has 0 aliphatic carbocycles. The molecule has 7 nitrogen and oxygen atoms in total. The maximum absolute atomic E-state index is 13.4. The quantitative estimate of drug-likeness (QED) is 0.513. The number of carbonyl (C=O) groups is 3. The molecule has 0 saturated carbocycles. The van der Waals surface area contributed by atoms with E-state index < -0.39 is 11.1 Å². The molecule has 0 spiro atoms. The number of halogens is 3. The van der Waals surface area contributed by atoms with E-state index in [1.807, 2.05) is 0 Å². The molecule has 0 N–H and O–H groups in total. The van der Waals surface area contributed by atoms with Crippen LogP contribution in [-0.2, 0) is 20.9 Å². The smallest absolute Gasteiger partial charge is 0.294 e. The first-order chi connectivity index (χ1) is 16.3. The minimum Gasteiger partial charge on any atom is -0.486 e. The van der Waals surface area contributed by atoms with Gasteiger partial charge in [-0.25, -0.2) is 4.39 Å². The number of amides is 3. The lowest BCUT2D eigenvalue weighted by Crippen LogP contribution is -2.46. The van der Waals surface area contributed by atoms with Gasteiger partial charge in [0.1, 0.15) is 19.0 Å². The summed E-state index contributed by atoms with van der Waals surface area (Å²) < 4.78 is 24.2. The summed E-state index contributed by atoms with van der Waals surface area (Å²) in [6, 6.07) is 9.04. The zero-order chi connectivity index (χ0) is 24.2. The van der Waals surface area contributed by atoms with Crippen molar-refractivity contribution >= 4 is 58.1 Å². The molecule has 3 amide bonds. The van der Waals surface area contributed by atoms with Crippen LogP contribution in [0.4, 0.5) is 9.18 Å². The van der Waals surface area contributed by atoms with E-state index in [0.29, 0.717) is 37.4 Å². The summed E-state index contributed by atoms with van der Waals surface area (Å²) in [5.41, 5.74) is 1.09. The van der Waals surface area contributed by atoms with Gasteiger partial charge in [0.2, 0.25) is 5.91 Å². The van der Waals surface area contributed by atoms with Gasteiger partial charge in [-0.05, 0) is 53.2 Å². The van der Waals surface area contributed by atoms with E-state index in [4.69, 9.17) is 32.7 Å². The van der Waals surface area contributed by atoms with Crippen LogP contribution in [0.3, 0.4) is 0 Å². The molecular weight excluding hydrogens is 506 g/mol. The van der Waals surface area contributed by atoms with E-state index in [9.17, 15) is 18.8 Å². The molecule has 2 fully saturated rings. The molecule has 11 heteroatoms. The second-order valence-electron chi connectivity index (χ2n) is 7.49. The average Bonchev–Trinajstić information content (AvgIpc) is 3.06. The van der Waals surface area contributed by atoms with Gasteiger partial charge in [0.25, 0.3) is 11.1 Å². The lowest BCUT2D eigenvalue weighted by atomic mass is 10.2. The minimum absolute atomic E-state index is 0.0621. The first-order valence-electron chi connectivity index (χ1n) is 10.3. The molecule has 0 aromatic heterocycles. The Bertz CT molecular complexity index is 1150. The highest BCUT2D eigenvalue weighted by Crippen LogP contribution is 2.37. The number of ether oxygens (including phenoxy) is 2. The standard InChI is InChI=1S/C23H19Cl2FN2O5S/c24-17-9-15(10-18(25)21(17)33-13-14-2-1-3-16(26)8-14)11-19-22(30)28(23(31)34-19)12-20(29)27-4-6-32-7-5-27/h1-3,8-11H,4-7,12-13H2/b19-11+. The molecule has 0 radical (unpaired) electrons. The van der Waals surface area contributed by atoms with Gasteiger partial charge in [-0.1, -0.05) is 35.3 Å². The zero-order valence-electron chi connectivity index (χ0n) is 17.8. The number of hydrogen-bond acceptors (Lipinski definition) is 6. The number of hydrogen-bond donors (Lipinski definition) is 0. The highest BCUT2D eigenvalue weighted by atomic mass is 35.5. The van der Waals surface area contributed by atoms with Crippen molar-refractivity contribution in [1.29, 1.82) is 0 Å². The van der Waals surface area contributed by atoms with E-state index in [1.54, 1.807) is 29.2 Å². The molecule has 2 aromatic rings. The Labute approximate surface area is 209 Å². The van der Waals surface area contributed by atoms with E-state index in [2.05, 4.69) is 0 Å². The SMILES string of the molecule is O=C(CN1C(=O)S/C(=C/c2cc(Cl)c(OCc3cccc(F)c3)c(Cl)c2)C1=O)N1CCOCC1. The summed E-state index contributed by atoms with van der Waals surface area (Å²) in [6.07, 6.45) is 1.48. The third-order valence-electron chi connectivity index (χ3n) is 5.12. The second kappa shape index (κ2) is 10.8. The topological polar surface area (TPSA) is 76.2 Å². The third kappa shape index (κ3) is 5.72. The first kappa shape index (κ1) is 24.5. The van der Waals surface area contributed by atoms with Gasteiger partial charge in [-0.15, -0.1) is 0 Å². The van der Waals surface area contributed by atoms with Crippen LogP contribution in [0.2, 0.25) is 10.0 Å². The Hall–Kier alpha value is -2.59. The number of rotatable bonds is 6. The summed E-state index contributed by atoms with van der Waals surface area (Å²) in [7, 11) is 0. The van der Waals surface area contributed by atoms with Gasteiger partial charge in [0.15, 0.2) is 5.75 Å². The molecular formula is C23H19Cl2FN2O5S. The first-order valence-corrected chi connectivity index (χ1v) is 11.9. The van der Waals surface area contributed by atoms with Crippen LogP contribution < -0.4 is 4.74 Å². The Morgan fingerprint density at radius 2 is 1.85 bits per heavy atom. The monoisotopic (exact) mass is 524 g/mol. The molecule has 2 saturated heterocycles. The molecule has 0 atom stereocenters. The van der Waals surface area contributed by atoms with Crippen LogP contribution in [0.1, 0.15) is 11.1 Å². The molecule has 2 heterocycles. The molecule has 2 aromatic carbocycles. The summed E-state index contributed by atoms with van der Waals surface area (Å²) in [4.78, 5) is 40.2. The van der Waals surface area contributed by atoms with Crippen molar-refractivity contribution in [3.05, 3.63) is 68.3 Å². The minimum atomic E-state index is -0.560. The second-order valence-corrected chi connectivity index (χ2v) is 9.30. The van der Waals surface area contributed by atoms with Crippen molar-refractivity contribution in [2.75, 3.05) is 32.8 Å². The Morgan fingerprint density at radius 1 is 1.15 bits per heavy atom. The number of nitrogens with zero attached hydrogens (tertiary/aromatic N) is 2. The number of thioether (sulfide) groups is 1. The summed E-state index contributed by atoms with van der Waals surface area (Å²) in [6.45, 7) is 1.45. The lowest BCUT2D eigenvalue weighted by molar-refractivity contribution is -0.139. The third-order valence-corrected chi connectivity index (χ3v) is 6.59. The van der Waals surface area contributed by atoms with Crippen molar-refractivity contribution in [3.63, 3.8) is 0 Å². The van der Waals surface area contributed by atoms with Crippen LogP contribution in [0, 0.1) is 5.82 Å². The van der Waals surface area contributed by atoms with Crippen LogP contribution in [0.15, 0.2) is 41.3 Å². The maximum Gasteiger partial charge on any atom is 0.294 e. The fraction of sp³-hybridized carbons (Fsp3) is 0.261. The Balaban J connectivity index is 1.45. The van der Waals surface area contributed by atoms with Gasteiger partial charge < -0.3 is 14.4 Å². The van der Waals surface area contributed by atoms with Crippen molar-refractivity contribution in [2.24, 2.45) is 0 Å². The Kier molecular flexibility index (Phi) is 7.77. The van der Waals surface area contributed by atoms with Crippen LogP contribution in [0.5, 0.6) is 5.75 Å². The Morgan fingerprint density at radius 3 is 2.53 bits per heavy atom. The molecule has 178 valence electrons. The van der Waals surface area contributed by atoms with Crippen molar-refractivity contribution < 1.29 is 28.2 Å². The van der Waals surface area contributed by atoms with Gasteiger partial charge >= 0.3 is 0 Å². The van der Waals surface area contributed by atoms with Gasteiger partial charge in [0, 0.05) is 13.1 Å². The van der Waals surface area contributed by atoms with Crippen molar-refractivity contribution in [2.45, 2.75) is 6.61 Å². The molecule has 4 rings (SSSR count). The lowest BCUT2D eigenvalue weighted by Gasteiger charge is -2.28. The summed E-state index contributed by atoms with van der Waals surface area (Å²) >= 11 is 13.4. The molecule has 0 bridgehead atoms. The average molecular weight is 525 g/mol. The zero-order valence-corrected chi connectivity index (χ0v) is 20.1. The number of benzene rings is 2. The van der Waals surface area contributed by atoms with Gasteiger partial charge in [-0.3, -0.25) is 19.3 Å². The number of carbonyl (C=O) groups excluding carboxylic acids is 3. The maximum atomic E-state index is 13.4. The molecule has 2 aliphatic heterocycles. The van der Waals surface area contributed by atoms with Crippen molar-refractivity contribution in [3.8, 4) is 5.75 Å². The van der Waals surface area contributed by atoms with E-state index >= 15 is 0 Å². The van der Waals surface area contributed by atoms with Gasteiger partial charge in [0.05, 0.1) is 28.2 Å². The fourth-order valence-electron chi connectivity index (χ4n) is 3.42. The summed E-state index contributed by atoms with van der Waals surface area (Å²) in [5, 5.41) is -0.140. The van der Waals surface area contributed by atoms with E-state index in [1.165, 1.54) is 18.2 Å². The fourth-order valence-corrected chi connectivity index (χ4v) is 4.87. The number of morpholine rings is 1. The highest BCUT2D eigenvalue weighted by molar-refractivity contribution is 8.18. The normalized spacial score (nSPS) is 17.6. The molecule has 34 heavy (non-hydrogen) atoms. The predicted octanol–water partition coefficient (Wildman–Crippen LogP) is 4.61. The molecule has 0 unspecified atom stereocenters.